The van der Waals surface area contributed by atoms with Crippen molar-refractivity contribution in [3.63, 3.8) is 0 Å². The van der Waals surface area contributed by atoms with Crippen molar-refractivity contribution >= 4 is 29.2 Å². The third-order valence-electron chi connectivity index (χ3n) is 3.76. The molecule has 7 heteroatoms. The lowest BCUT2D eigenvalue weighted by molar-refractivity contribution is 0.0666. The number of amides is 3. The van der Waals surface area contributed by atoms with Gasteiger partial charge in [0.1, 0.15) is 5.69 Å². The molecule has 0 aliphatic carbocycles. The zero-order valence-corrected chi connectivity index (χ0v) is 13.2. The molecule has 120 valence electrons. The molecule has 1 fully saturated rings. The number of piperazine rings is 1. The molecule has 3 amide bonds. The molecule has 1 aliphatic heterocycles. The highest BCUT2D eigenvalue weighted by Gasteiger charge is 2.25. The molecule has 0 saturated carbocycles. The molecule has 0 bridgehead atoms. The van der Waals surface area contributed by atoms with Crippen molar-refractivity contribution in [2.24, 2.45) is 0 Å². The summed E-state index contributed by atoms with van der Waals surface area (Å²) in [5, 5.41) is 3.39. The van der Waals surface area contributed by atoms with Crippen LogP contribution in [0.2, 0.25) is 5.02 Å². The Bertz CT molecular complexity index is 694. The quantitative estimate of drug-likeness (QED) is 0.887. The van der Waals surface area contributed by atoms with E-state index in [9.17, 15) is 9.59 Å². The number of rotatable bonds is 2. The Morgan fingerprint density at radius 3 is 2.43 bits per heavy atom. The first-order chi connectivity index (χ1) is 11.1. The van der Waals surface area contributed by atoms with Crippen LogP contribution in [0.25, 0.3) is 0 Å². The molecule has 1 aromatic carbocycles. The smallest absolute Gasteiger partial charge is 0.321 e. The van der Waals surface area contributed by atoms with E-state index in [1.807, 2.05) is 0 Å². The van der Waals surface area contributed by atoms with Crippen LogP contribution in [0, 0.1) is 0 Å². The average molecular weight is 333 g/mol. The second kappa shape index (κ2) is 6.75. The molecule has 2 aromatic rings. The van der Waals surface area contributed by atoms with Crippen LogP contribution in [-0.4, -0.2) is 52.9 Å². The molecule has 3 rings (SSSR count). The monoisotopic (exact) mass is 332 g/mol. The molecular formula is C16H17ClN4O2. The molecule has 0 unspecified atom stereocenters. The lowest BCUT2D eigenvalue weighted by Crippen LogP contribution is -2.51. The van der Waals surface area contributed by atoms with Crippen molar-refractivity contribution in [1.82, 2.24) is 14.8 Å². The molecule has 6 nitrogen and oxygen atoms in total. The first-order valence-corrected chi connectivity index (χ1v) is 7.75. The van der Waals surface area contributed by atoms with E-state index in [-0.39, 0.29) is 11.9 Å². The number of urea groups is 1. The number of nitrogens with one attached hydrogen (secondary N) is 2. The molecule has 2 N–H and O–H groups in total. The second-order valence-electron chi connectivity index (χ2n) is 5.30. The van der Waals surface area contributed by atoms with Crippen molar-refractivity contribution in [2.45, 2.75) is 0 Å². The minimum Gasteiger partial charge on any atom is -0.357 e. The fraction of sp³-hybridized carbons (Fsp3) is 0.250. The number of anilines is 1. The SMILES string of the molecule is O=C(Nc1cccc(Cl)c1)N1CCN(C(=O)c2ccc[nH]2)CC1. The predicted octanol–water partition coefficient (Wildman–Crippen LogP) is 2.66. The molecule has 0 spiro atoms. The van der Waals surface area contributed by atoms with Crippen LogP contribution >= 0.6 is 11.6 Å². The molecule has 2 heterocycles. The predicted molar refractivity (Wildman–Crippen MR) is 88.7 cm³/mol. The molecule has 0 radical (unpaired) electrons. The van der Waals surface area contributed by atoms with Crippen molar-refractivity contribution in [3.05, 3.63) is 53.3 Å². The molecular weight excluding hydrogens is 316 g/mol. The van der Waals surface area contributed by atoms with E-state index in [0.29, 0.717) is 42.6 Å². The Kier molecular flexibility index (Phi) is 4.52. The Labute approximate surface area is 139 Å². The Morgan fingerprint density at radius 1 is 1.04 bits per heavy atom. The lowest BCUT2D eigenvalue weighted by atomic mass is 10.3. The van der Waals surface area contributed by atoms with E-state index < -0.39 is 0 Å². The maximum absolute atomic E-state index is 12.2. The summed E-state index contributed by atoms with van der Waals surface area (Å²) in [5.74, 6) is -0.0371. The number of benzene rings is 1. The van der Waals surface area contributed by atoms with Gasteiger partial charge in [0.2, 0.25) is 0 Å². The average Bonchev–Trinajstić information content (AvgIpc) is 3.09. The van der Waals surface area contributed by atoms with Crippen molar-refractivity contribution in [1.29, 1.82) is 0 Å². The van der Waals surface area contributed by atoms with Gasteiger partial charge in [0, 0.05) is 43.1 Å². The minimum atomic E-state index is -0.181. The Balaban J connectivity index is 1.54. The third-order valence-corrected chi connectivity index (χ3v) is 3.99. The summed E-state index contributed by atoms with van der Waals surface area (Å²) in [4.78, 5) is 30.8. The lowest BCUT2D eigenvalue weighted by Gasteiger charge is -2.34. The van der Waals surface area contributed by atoms with Gasteiger partial charge >= 0.3 is 6.03 Å². The number of aromatic amines is 1. The van der Waals surface area contributed by atoms with Gasteiger partial charge in [-0.25, -0.2) is 4.79 Å². The number of carbonyl (C=O) groups excluding carboxylic acids is 2. The van der Waals surface area contributed by atoms with Crippen LogP contribution in [0.1, 0.15) is 10.5 Å². The Morgan fingerprint density at radius 2 is 1.78 bits per heavy atom. The van der Waals surface area contributed by atoms with Crippen molar-refractivity contribution in [3.8, 4) is 0 Å². The fourth-order valence-electron chi connectivity index (χ4n) is 2.52. The number of hydrogen-bond acceptors (Lipinski definition) is 2. The van der Waals surface area contributed by atoms with Crippen LogP contribution in [-0.2, 0) is 0 Å². The van der Waals surface area contributed by atoms with Crippen molar-refractivity contribution in [2.75, 3.05) is 31.5 Å². The fourth-order valence-corrected chi connectivity index (χ4v) is 2.71. The van der Waals surface area contributed by atoms with Gasteiger partial charge in [-0.1, -0.05) is 17.7 Å². The maximum atomic E-state index is 12.2. The van der Waals surface area contributed by atoms with Crippen LogP contribution in [0.3, 0.4) is 0 Å². The molecule has 1 aromatic heterocycles. The molecule has 0 atom stereocenters. The standard InChI is InChI=1S/C16H17ClN4O2/c17-12-3-1-4-13(11-12)19-16(23)21-9-7-20(8-10-21)15(22)14-5-2-6-18-14/h1-6,11,18H,7-10H2,(H,19,23). The van der Waals surface area contributed by atoms with Gasteiger partial charge in [-0.05, 0) is 30.3 Å². The summed E-state index contributed by atoms with van der Waals surface area (Å²) in [6.45, 7) is 2.03. The number of H-pyrrole nitrogens is 1. The number of hydrogen-bond donors (Lipinski definition) is 2. The van der Waals surface area contributed by atoms with Gasteiger partial charge in [0.05, 0.1) is 0 Å². The van der Waals surface area contributed by atoms with Gasteiger partial charge in [0.15, 0.2) is 0 Å². The summed E-state index contributed by atoms with van der Waals surface area (Å²) in [6.07, 6.45) is 1.72. The first kappa shape index (κ1) is 15.4. The van der Waals surface area contributed by atoms with Gasteiger partial charge in [0.25, 0.3) is 5.91 Å². The van der Waals surface area contributed by atoms with E-state index in [1.165, 1.54) is 0 Å². The topological polar surface area (TPSA) is 68.4 Å². The van der Waals surface area contributed by atoms with Gasteiger partial charge in [-0.3, -0.25) is 4.79 Å². The molecule has 23 heavy (non-hydrogen) atoms. The third kappa shape index (κ3) is 3.65. The summed E-state index contributed by atoms with van der Waals surface area (Å²) in [5.41, 5.74) is 1.23. The van der Waals surface area contributed by atoms with E-state index in [2.05, 4.69) is 10.3 Å². The van der Waals surface area contributed by atoms with Crippen LogP contribution in [0.5, 0.6) is 0 Å². The summed E-state index contributed by atoms with van der Waals surface area (Å²) < 4.78 is 0. The van der Waals surface area contributed by atoms with E-state index >= 15 is 0 Å². The van der Waals surface area contributed by atoms with Crippen LogP contribution in [0.4, 0.5) is 10.5 Å². The Hall–Kier alpha value is -2.47. The minimum absolute atomic E-state index is 0.0371. The zero-order chi connectivity index (χ0) is 16.2. The van der Waals surface area contributed by atoms with Gasteiger partial charge in [-0.2, -0.15) is 0 Å². The van der Waals surface area contributed by atoms with Crippen LogP contribution in [0.15, 0.2) is 42.6 Å². The van der Waals surface area contributed by atoms with Crippen molar-refractivity contribution < 1.29 is 9.59 Å². The summed E-state index contributed by atoms with van der Waals surface area (Å²) in [7, 11) is 0. The number of aromatic nitrogens is 1. The van der Waals surface area contributed by atoms with Crippen LogP contribution < -0.4 is 5.32 Å². The highest BCUT2D eigenvalue weighted by atomic mass is 35.5. The largest absolute Gasteiger partial charge is 0.357 e. The highest BCUT2D eigenvalue weighted by Crippen LogP contribution is 2.16. The zero-order valence-electron chi connectivity index (χ0n) is 12.5. The molecule has 1 saturated heterocycles. The maximum Gasteiger partial charge on any atom is 0.321 e. The second-order valence-corrected chi connectivity index (χ2v) is 5.74. The first-order valence-electron chi connectivity index (χ1n) is 7.37. The number of halogens is 1. The number of nitrogens with zero attached hydrogens (tertiary/aromatic N) is 2. The van der Waals surface area contributed by atoms with Gasteiger partial charge in [-0.15, -0.1) is 0 Å². The van der Waals surface area contributed by atoms with Gasteiger partial charge < -0.3 is 20.1 Å². The van der Waals surface area contributed by atoms with E-state index in [4.69, 9.17) is 11.6 Å². The normalized spacial score (nSPS) is 14.7. The summed E-state index contributed by atoms with van der Waals surface area (Å²) in [6, 6.07) is 10.4. The molecule has 1 aliphatic rings. The number of carbonyl (C=O) groups is 2. The summed E-state index contributed by atoms with van der Waals surface area (Å²) >= 11 is 5.90. The van der Waals surface area contributed by atoms with E-state index in [1.54, 1.807) is 52.4 Å². The highest BCUT2D eigenvalue weighted by molar-refractivity contribution is 6.30. The van der Waals surface area contributed by atoms with E-state index in [0.717, 1.165) is 0 Å².